The van der Waals surface area contributed by atoms with Crippen LogP contribution in [0.15, 0.2) is 42.9 Å². The van der Waals surface area contributed by atoms with E-state index >= 15 is 0 Å². The van der Waals surface area contributed by atoms with Crippen LogP contribution in [0.2, 0.25) is 0 Å². The number of carbonyl (C=O) groups is 1. The first-order valence-corrected chi connectivity index (χ1v) is 8.44. The molecule has 124 valence electrons. The summed E-state index contributed by atoms with van der Waals surface area (Å²) in [6.07, 6.45) is 3.24. The summed E-state index contributed by atoms with van der Waals surface area (Å²) < 4.78 is 4.86. The first kappa shape index (κ1) is 15.5. The Morgan fingerprint density at radius 2 is 2.00 bits per heavy atom. The van der Waals surface area contributed by atoms with Crippen LogP contribution < -0.4 is 5.32 Å². The highest BCUT2D eigenvalue weighted by molar-refractivity contribution is 7.20. The van der Waals surface area contributed by atoms with Crippen molar-refractivity contribution >= 4 is 49.9 Å². The van der Waals surface area contributed by atoms with Gasteiger partial charge >= 0.3 is 5.97 Å². The van der Waals surface area contributed by atoms with Crippen molar-refractivity contribution in [3.63, 3.8) is 0 Å². The molecule has 6 nitrogen and oxygen atoms in total. The number of fused-ring (bicyclic) bond motifs is 2. The van der Waals surface area contributed by atoms with Gasteiger partial charge in [0.05, 0.1) is 23.7 Å². The van der Waals surface area contributed by atoms with Crippen molar-refractivity contribution in [2.75, 3.05) is 12.4 Å². The summed E-state index contributed by atoms with van der Waals surface area (Å²) in [5.41, 5.74) is 2.52. The van der Waals surface area contributed by atoms with Crippen LogP contribution in [-0.4, -0.2) is 28.0 Å². The third kappa shape index (κ3) is 2.58. The number of hydrogen-bond acceptors (Lipinski definition) is 7. The van der Waals surface area contributed by atoms with Gasteiger partial charge in [-0.3, -0.25) is 4.98 Å². The number of anilines is 2. The molecule has 4 rings (SSSR count). The molecule has 0 saturated heterocycles. The summed E-state index contributed by atoms with van der Waals surface area (Å²) in [4.78, 5) is 26.3. The number of hydrogen-bond donors (Lipinski definition) is 1. The van der Waals surface area contributed by atoms with Crippen LogP contribution in [0.25, 0.3) is 21.1 Å². The number of aromatic nitrogens is 3. The van der Waals surface area contributed by atoms with E-state index in [1.807, 2.05) is 37.3 Å². The molecular weight excluding hydrogens is 336 g/mol. The van der Waals surface area contributed by atoms with E-state index in [0.717, 1.165) is 32.4 Å². The number of para-hydroxylation sites is 1. The van der Waals surface area contributed by atoms with Crippen LogP contribution in [-0.2, 0) is 4.74 Å². The predicted octanol–water partition coefficient (Wildman–Crippen LogP) is 4.08. The van der Waals surface area contributed by atoms with Crippen molar-refractivity contribution in [1.29, 1.82) is 0 Å². The Morgan fingerprint density at radius 3 is 2.84 bits per heavy atom. The van der Waals surface area contributed by atoms with Gasteiger partial charge in [-0.15, -0.1) is 11.3 Å². The monoisotopic (exact) mass is 350 g/mol. The highest BCUT2D eigenvalue weighted by Crippen LogP contribution is 2.35. The molecule has 7 heteroatoms. The summed E-state index contributed by atoms with van der Waals surface area (Å²) in [6, 6.07) is 9.83. The van der Waals surface area contributed by atoms with Gasteiger partial charge in [0.2, 0.25) is 0 Å². The molecule has 0 bridgehead atoms. The van der Waals surface area contributed by atoms with Gasteiger partial charge in [-0.2, -0.15) is 0 Å². The molecule has 0 amide bonds. The van der Waals surface area contributed by atoms with E-state index in [1.54, 1.807) is 6.20 Å². The molecule has 1 N–H and O–H groups in total. The van der Waals surface area contributed by atoms with Gasteiger partial charge in [0.25, 0.3) is 0 Å². The van der Waals surface area contributed by atoms with Crippen molar-refractivity contribution in [2.45, 2.75) is 6.92 Å². The zero-order valence-electron chi connectivity index (χ0n) is 13.6. The predicted molar refractivity (Wildman–Crippen MR) is 98.5 cm³/mol. The van der Waals surface area contributed by atoms with Crippen molar-refractivity contribution in [3.05, 3.63) is 53.3 Å². The molecule has 3 aromatic heterocycles. The lowest BCUT2D eigenvalue weighted by atomic mass is 10.1. The lowest BCUT2D eigenvalue weighted by Gasteiger charge is -2.09. The molecule has 0 atom stereocenters. The Hall–Kier alpha value is -3.06. The number of nitrogens with one attached hydrogen (secondary N) is 1. The smallest absolute Gasteiger partial charge is 0.348 e. The second kappa shape index (κ2) is 6.10. The molecule has 0 unspecified atom stereocenters. The molecule has 0 fully saturated rings. The zero-order valence-corrected chi connectivity index (χ0v) is 14.4. The SMILES string of the molecule is COC(=O)c1sc2ncnc(Nc3cccc4cccnc34)c2c1C. The molecule has 0 spiro atoms. The zero-order chi connectivity index (χ0) is 17.4. The van der Waals surface area contributed by atoms with Gasteiger partial charge in [-0.1, -0.05) is 18.2 Å². The minimum Gasteiger partial charge on any atom is -0.465 e. The molecule has 0 saturated carbocycles. The minimum absolute atomic E-state index is 0.363. The number of methoxy groups -OCH3 is 1. The summed E-state index contributed by atoms with van der Waals surface area (Å²) in [5.74, 6) is 0.283. The number of esters is 1. The topological polar surface area (TPSA) is 77.0 Å². The number of benzene rings is 1. The minimum atomic E-state index is -0.363. The molecule has 0 aliphatic rings. The Balaban J connectivity index is 1.87. The normalized spacial score (nSPS) is 11.0. The second-order valence-corrected chi connectivity index (χ2v) is 6.45. The van der Waals surface area contributed by atoms with Crippen molar-refractivity contribution in [2.24, 2.45) is 0 Å². The summed E-state index contributed by atoms with van der Waals surface area (Å²) in [7, 11) is 1.37. The Morgan fingerprint density at radius 1 is 1.16 bits per heavy atom. The maximum Gasteiger partial charge on any atom is 0.348 e. The molecule has 1 aromatic carbocycles. The van der Waals surface area contributed by atoms with E-state index in [-0.39, 0.29) is 5.97 Å². The van der Waals surface area contributed by atoms with E-state index in [1.165, 1.54) is 24.8 Å². The van der Waals surface area contributed by atoms with Crippen LogP contribution >= 0.6 is 11.3 Å². The lowest BCUT2D eigenvalue weighted by molar-refractivity contribution is 0.0605. The highest BCUT2D eigenvalue weighted by atomic mass is 32.1. The summed E-state index contributed by atoms with van der Waals surface area (Å²) in [5, 5.41) is 5.20. The van der Waals surface area contributed by atoms with Gasteiger partial charge in [0, 0.05) is 11.6 Å². The largest absolute Gasteiger partial charge is 0.465 e. The maximum absolute atomic E-state index is 12.0. The van der Waals surface area contributed by atoms with Gasteiger partial charge in [0.15, 0.2) is 0 Å². The quantitative estimate of drug-likeness (QED) is 0.561. The van der Waals surface area contributed by atoms with E-state index in [9.17, 15) is 4.79 Å². The number of thiophene rings is 1. The summed E-state index contributed by atoms with van der Waals surface area (Å²) >= 11 is 1.30. The fourth-order valence-electron chi connectivity index (χ4n) is 2.79. The summed E-state index contributed by atoms with van der Waals surface area (Å²) in [6.45, 7) is 1.88. The maximum atomic E-state index is 12.0. The third-order valence-corrected chi connectivity index (χ3v) is 5.16. The number of nitrogens with zero attached hydrogens (tertiary/aromatic N) is 3. The van der Waals surface area contributed by atoms with Crippen LogP contribution in [0, 0.1) is 6.92 Å². The van der Waals surface area contributed by atoms with Crippen LogP contribution in [0.1, 0.15) is 15.2 Å². The second-order valence-electron chi connectivity index (χ2n) is 5.46. The molecule has 0 radical (unpaired) electrons. The number of ether oxygens (including phenoxy) is 1. The van der Waals surface area contributed by atoms with E-state index in [4.69, 9.17) is 4.74 Å². The van der Waals surface area contributed by atoms with Crippen molar-refractivity contribution in [3.8, 4) is 0 Å². The van der Waals surface area contributed by atoms with Crippen molar-refractivity contribution < 1.29 is 9.53 Å². The standard InChI is InChI=1S/C18H14N4O2S/c1-10-13-16(20-9-21-17(13)25-15(10)18(23)24-2)22-12-7-3-5-11-6-4-8-19-14(11)12/h3-9H,1-2H3,(H,20,21,22). The Kier molecular flexibility index (Phi) is 3.77. The van der Waals surface area contributed by atoms with Crippen molar-refractivity contribution in [1.82, 2.24) is 15.0 Å². The van der Waals surface area contributed by atoms with Gasteiger partial charge in [-0.05, 0) is 24.6 Å². The average Bonchev–Trinajstić information content (AvgIpc) is 2.99. The number of aryl methyl sites for hydroxylation is 1. The Bertz CT molecular complexity index is 1100. The van der Waals surface area contributed by atoms with Gasteiger partial charge in [-0.25, -0.2) is 14.8 Å². The Labute approximate surface area is 147 Å². The third-order valence-electron chi connectivity index (χ3n) is 3.98. The van der Waals surface area contributed by atoms with E-state index in [0.29, 0.717) is 10.7 Å². The molecule has 0 aliphatic heterocycles. The van der Waals surface area contributed by atoms with Crippen LogP contribution in [0.5, 0.6) is 0 Å². The van der Waals surface area contributed by atoms with E-state index in [2.05, 4.69) is 20.3 Å². The fraction of sp³-hybridized carbons (Fsp3) is 0.111. The van der Waals surface area contributed by atoms with Gasteiger partial charge < -0.3 is 10.1 Å². The number of pyridine rings is 1. The molecule has 25 heavy (non-hydrogen) atoms. The van der Waals surface area contributed by atoms with E-state index < -0.39 is 0 Å². The average molecular weight is 350 g/mol. The number of carbonyl (C=O) groups excluding carboxylic acids is 1. The first-order chi connectivity index (χ1) is 12.2. The lowest BCUT2D eigenvalue weighted by Crippen LogP contribution is -2.00. The van der Waals surface area contributed by atoms with Crippen LogP contribution in [0.3, 0.4) is 0 Å². The molecular formula is C18H14N4O2S. The molecule has 0 aliphatic carbocycles. The number of rotatable bonds is 3. The first-order valence-electron chi connectivity index (χ1n) is 7.62. The van der Waals surface area contributed by atoms with Gasteiger partial charge in [0.1, 0.15) is 21.9 Å². The van der Waals surface area contributed by atoms with Crippen LogP contribution in [0.4, 0.5) is 11.5 Å². The molecule has 4 aromatic rings. The molecule has 3 heterocycles. The fourth-order valence-corrected chi connectivity index (χ4v) is 3.85. The highest BCUT2D eigenvalue weighted by Gasteiger charge is 2.20.